The molecular formula is C23H31NO. The highest BCUT2D eigenvalue weighted by Gasteiger charge is 2.56. The maximum atomic E-state index is 10.2. The summed E-state index contributed by atoms with van der Waals surface area (Å²) >= 11 is 0. The summed E-state index contributed by atoms with van der Waals surface area (Å²) in [6.07, 6.45) is 9.05. The van der Waals surface area contributed by atoms with Crippen molar-refractivity contribution in [2.75, 3.05) is 13.1 Å². The molecule has 1 aromatic rings. The fourth-order valence-electron chi connectivity index (χ4n) is 6.83. The van der Waals surface area contributed by atoms with Crippen molar-refractivity contribution in [2.24, 2.45) is 17.8 Å². The maximum Gasteiger partial charge on any atom is 0.115 e. The summed E-state index contributed by atoms with van der Waals surface area (Å²) in [4.78, 5) is 2.85. The van der Waals surface area contributed by atoms with Crippen molar-refractivity contribution in [1.29, 1.82) is 0 Å². The molecule has 4 atom stereocenters. The summed E-state index contributed by atoms with van der Waals surface area (Å²) in [5.74, 6) is 2.81. The number of phenols is 1. The number of piperidine rings is 1. The van der Waals surface area contributed by atoms with Gasteiger partial charge in [0.05, 0.1) is 0 Å². The fraction of sp³-hybridized carbons (Fsp3) is 0.652. The first-order valence-corrected chi connectivity index (χ1v) is 10.3. The quantitative estimate of drug-likeness (QED) is 0.793. The van der Waals surface area contributed by atoms with Crippen LogP contribution in [0, 0.1) is 17.8 Å². The van der Waals surface area contributed by atoms with Gasteiger partial charge in [0, 0.05) is 18.0 Å². The molecule has 3 unspecified atom stereocenters. The van der Waals surface area contributed by atoms with Gasteiger partial charge in [-0.25, -0.2) is 0 Å². The van der Waals surface area contributed by atoms with Gasteiger partial charge >= 0.3 is 0 Å². The highest BCUT2D eigenvalue weighted by molar-refractivity contribution is 5.46. The lowest BCUT2D eigenvalue weighted by Crippen LogP contribution is -2.63. The summed E-state index contributed by atoms with van der Waals surface area (Å²) in [7, 11) is 0. The largest absolute Gasteiger partial charge is 0.508 e. The number of allylic oxidation sites excluding steroid dienone is 1. The van der Waals surface area contributed by atoms with Crippen LogP contribution in [0.25, 0.3) is 0 Å². The number of fused-ring (bicyclic) bond motifs is 1. The van der Waals surface area contributed by atoms with Crippen LogP contribution < -0.4 is 0 Å². The van der Waals surface area contributed by atoms with Crippen LogP contribution in [0.15, 0.2) is 30.4 Å². The second-order valence-electron chi connectivity index (χ2n) is 9.44. The molecule has 0 aromatic heterocycles. The summed E-state index contributed by atoms with van der Waals surface area (Å²) in [6.45, 7) is 9.41. The Hall–Kier alpha value is -1.28. The molecule has 3 aliphatic carbocycles. The first-order chi connectivity index (χ1) is 12.1. The van der Waals surface area contributed by atoms with Crippen molar-refractivity contribution < 1.29 is 5.11 Å². The second-order valence-corrected chi connectivity index (χ2v) is 9.44. The molecule has 0 spiro atoms. The first kappa shape index (κ1) is 15.9. The Balaban J connectivity index is 1.59. The van der Waals surface area contributed by atoms with Crippen molar-refractivity contribution in [3.8, 4) is 5.75 Å². The Kier molecular flexibility index (Phi) is 3.57. The van der Waals surface area contributed by atoms with Crippen LogP contribution in [0.4, 0.5) is 0 Å². The van der Waals surface area contributed by atoms with Gasteiger partial charge < -0.3 is 5.11 Å². The topological polar surface area (TPSA) is 23.5 Å². The summed E-state index contributed by atoms with van der Waals surface area (Å²) < 4.78 is 0. The number of likely N-dealkylation sites (tertiary alicyclic amines) is 1. The van der Waals surface area contributed by atoms with Gasteiger partial charge in [-0.3, -0.25) is 4.90 Å². The predicted molar refractivity (Wildman–Crippen MR) is 102 cm³/mol. The third-order valence-electron chi connectivity index (χ3n) is 7.93. The van der Waals surface area contributed by atoms with Crippen molar-refractivity contribution in [2.45, 2.75) is 63.3 Å². The molecule has 0 radical (unpaired) electrons. The van der Waals surface area contributed by atoms with E-state index < -0.39 is 0 Å². The van der Waals surface area contributed by atoms with E-state index in [1.807, 2.05) is 6.07 Å². The van der Waals surface area contributed by atoms with Crippen LogP contribution in [0.1, 0.15) is 56.6 Å². The van der Waals surface area contributed by atoms with E-state index in [1.54, 1.807) is 0 Å². The zero-order chi connectivity index (χ0) is 17.2. The molecule has 1 aromatic carbocycles. The molecule has 2 heteroatoms. The number of hydrogen-bond acceptors (Lipinski definition) is 2. The zero-order valence-corrected chi connectivity index (χ0v) is 15.5. The zero-order valence-electron chi connectivity index (χ0n) is 15.5. The highest BCUT2D eigenvalue weighted by Crippen LogP contribution is 2.59. The van der Waals surface area contributed by atoms with E-state index >= 15 is 0 Å². The summed E-state index contributed by atoms with van der Waals surface area (Å²) in [5.41, 5.74) is 4.58. The minimum Gasteiger partial charge on any atom is -0.508 e. The van der Waals surface area contributed by atoms with Gasteiger partial charge in [-0.05, 0) is 86.1 Å². The van der Waals surface area contributed by atoms with Gasteiger partial charge in [0.15, 0.2) is 0 Å². The third-order valence-corrected chi connectivity index (χ3v) is 7.93. The number of nitrogens with zero attached hydrogens (tertiary/aromatic N) is 1. The van der Waals surface area contributed by atoms with E-state index in [0.29, 0.717) is 17.7 Å². The lowest BCUT2D eigenvalue weighted by molar-refractivity contribution is -0.0376. The number of benzene rings is 1. The molecule has 4 aliphatic rings. The molecule has 2 saturated carbocycles. The highest BCUT2D eigenvalue weighted by atomic mass is 16.3. The van der Waals surface area contributed by atoms with Gasteiger partial charge in [0.25, 0.3) is 0 Å². The maximum absolute atomic E-state index is 10.2. The van der Waals surface area contributed by atoms with E-state index in [-0.39, 0.29) is 5.41 Å². The van der Waals surface area contributed by atoms with Crippen molar-refractivity contribution in [1.82, 2.24) is 4.90 Å². The summed E-state index contributed by atoms with van der Waals surface area (Å²) in [6, 6.07) is 6.87. The standard InChI is InChI=1S/C23H31NO/c1-15-10-16(2)22-21-11-18-6-7-19(25)12-20(18)23(22,13-15)8-9-24(21)14-17-4-3-5-17/h6-7,12,16-17,21-22,25H,1,3-5,8-11,13-14H2,2H3/t16?,21-,22?,23?/m0/s1. The van der Waals surface area contributed by atoms with Crippen LogP contribution in [0.3, 0.4) is 0 Å². The number of aromatic hydroxyl groups is 1. The molecule has 1 heterocycles. The van der Waals surface area contributed by atoms with Crippen LogP contribution in [0.2, 0.25) is 0 Å². The summed E-state index contributed by atoms with van der Waals surface area (Å²) in [5, 5.41) is 10.2. The molecule has 25 heavy (non-hydrogen) atoms. The Morgan fingerprint density at radius 1 is 1.28 bits per heavy atom. The molecular weight excluding hydrogens is 306 g/mol. The molecule has 134 valence electrons. The molecule has 1 aliphatic heterocycles. The Bertz CT molecular complexity index is 706. The molecule has 3 fully saturated rings. The number of hydrogen-bond donors (Lipinski definition) is 1. The molecule has 0 amide bonds. The molecule has 2 nitrogen and oxygen atoms in total. The lowest BCUT2D eigenvalue weighted by Gasteiger charge is -2.62. The minimum atomic E-state index is 0.224. The molecule has 5 rings (SSSR count). The van der Waals surface area contributed by atoms with E-state index in [2.05, 4.69) is 30.5 Å². The van der Waals surface area contributed by atoms with Gasteiger partial charge in [-0.1, -0.05) is 31.6 Å². The van der Waals surface area contributed by atoms with Crippen molar-refractivity contribution >= 4 is 0 Å². The predicted octanol–water partition coefficient (Wildman–Crippen LogP) is 4.66. The van der Waals surface area contributed by atoms with Crippen LogP contribution in [0.5, 0.6) is 5.75 Å². The number of phenolic OH excluding ortho intramolecular Hbond substituents is 1. The van der Waals surface area contributed by atoms with E-state index in [1.165, 1.54) is 68.3 Å². The SMILES string of the molecule is C=C1CC(C)C2[C@@H]3Cc4ccc(O)cc4C2(CCN3CC2CCC2)C1. The smallest absolute Gasteiger partial charge is 0.115 e. The van der Waals surface area contributed by atoms with E-state index in [0.717, 1.165) is 18.3 Å². The molecule has 1 saturated heterocycles. The van der Waals surface area contributed by atoms with Crippen LogP contribution in [-0.2, 0) is 11.8 Å². The average molecular weight is 338 g/mol. The van der Waals surface area contributed by atoms with Gasteiger partial charge in [0.2, 0.25) is 0 Å². The molecule has 1 N–H and O–H groups in total. The Morgan fingerprint density at radius 3 is 2.88 bits per heavy atom. The third kappa shape index (κ3) is 2.33. The van der Waals surface area contributed by atoms with Crippen LogP contribution in [-0.4, -0.2) is 29.1 Å². The average Bonchev–Trinajstić information content (AvgIpc) is 2.52. The lowest BCUT2D eigenvalue weighted by atomic mass is 9.49. The van der Waals surface area contributed by atoms with Gasteiger partial charge in [0.1, 0.15) is 5.75 Å². The van der Waals surface area contributed by atoms with Gasteiger partial charge in [-0.2, -0.15) is 0 Å². The van der Waals surface area contributed by atoms with Gasteiger partial charge in [-0.15, -0.1) is 0 Å². The van der Waals surface area contributed by atoms with E-state index in [4.69, 9.17) is 0 Å². The van der Waals surface area contributed by atoms with Crippen LogP contribution >= 0.6 is 0 Å². The first-order valence-electron chi connectivity index (χ1n) is 10.3. The normalized spacial score (nSPS) is 38.0. The monoisotopic (exact) mass is 337 g/mol. The Labute approximate surface area is 151 Å². The molecule has 2 bridgehead atoms. The number of rotatable bonds is 2. The fourth-order valence-corrected chi connectivity index (χ4v) is 6.83. The van der Waals surface area contributed by atoms with Crippen molar-refractivity contribution in [3.63, 3.8) is 0 Å². The minimum absolute atomic E-state index is 0.224. The second kappa shape index (κ2) is 5.61. The Morgan fingerprint density at radius 2 is 2.12 bits per heavy atom. The van der Waals surface area contributed by atoms with Crippen molar-refractivity contribution in [3.05, 3.63) is 41.5 Å². The van der Waals surface area contributed by atoms with E-state index in [9.17, 15) is 5.11 Å².